The molecule has 2 N–H and O–H groups in total. The van der Waals surface area contributed by atoms with E-state index < -0.39 is 11.0 Å². The lowest BCUT2D eigenvalue weighted by molar-refractivity contribution is -0.385. The zero-order valence-corrected chi connectivity index (χ0v) is 12.0. The average molecular weight is 308 g/mol. The maximum Gasteiger partial charge on any atom is 0.287 e. The fraction of sp³-hybridized carbons (Fsp3) is 0.214. The second-order valence-electron chi connectivity index (χ2n) is 4.53. The number of aliphatic hydroxyl groups is 1. The Morgan fingerprint density at radius 3 is 2.81 bits per heavy atom. The topological polar surface area (TPSA) is 88.3 Å². The van der Waals surface area contributed by atoms with Crippen LogP contribution in [0.2, 0.25) is 5.02 Å². The number of aliphatic hydroxyl groups excluding tert-OH is 1. The minimum Gasteiger partial charge on any atom is -0.387 e. The van der Waals surface area contributed by atoms with Gasteiger partial charge in [0.05, 0.1) is 11.0 Å². The lowest BCUT2D eigenvalue weighted by Gasteiger charge is -2.14. The molecule has 0 aliphatic heterocycles. The van der Waals surface area contributed by atoms with E-state index in [2.05, 4.69) is 10.3 Å². The van der Waals surface area contributed by atoms with Crippen molar-refractivity contribution in [2.24, 2.45) is 0 Å². The number of aryl methyl sites for hydroxylation is 1. The summed E-state index contributed by atoms with van der Waals surface area (Å²) in [5, 5.41) is 24.2. The zero-order valence-electron chi connectivity index (χ0n) is 11.3. The second kappa shape index (κ2) is 6.51. The minimum atomic E-state index is -0.796. The summed E-state index contributed by atoms with van der Waals surface area (Å²) in [6, 6.07) is 8.45. The van der Waals surface area contributed by atoms with E-state index in [1.165, 1.54) is 12.3 Å². The summed E-state index contributed by atoms with van der Waals surface area (Å²) in [4.78, 5) is 14.1. The zero-order chi connectivity index (χ0) is 15.4. The van der Waals surface area contributed by atoms with E-state index in [0.29, 0.717) is 22.0 Å². The van der Waals surface area contributed by atoms with Gasteiger partial charge in [-0.3, -0.25) is 10.1 Å². The summed E-state index contributed by atoms with van der Waals surface area (Å²) in [7, 11) is 0. The molecule has 0 fully saturated rings. The normalized spacial score (nSPS) is 12.0. The molecule has 0 radical (unpaired) electrons. The van der Waals surface area contributed by atoms with Crippen LogP contribution in [0, 0.1) is 17.0 Å². The standard InChI is InChI=1S/C14H14ClN3O3/c1-9-6-10(18(20)21)7-16-14(9)17-8-13(19)11-4-2-3-5-12(11)15/h2-7,13,19H,8H2,1H3,(H,16,17). The number of rotatable bonds is 5. The Labute approximate surface area is 126 Å². The molecule has 0 amide bonds. The molecule has 0 saturated carbocycles. The predicted molar refractivity (Wildman–Crippen MR) is 80.5 cm³/mol. The number of hydrogen-bond acceptors (Lipinski definition) is 5. The van der Waals surface area contributed by atoms with Crippen LogP contribution < -0.4 is 5.32 Å². The van der Waals surface area contributed by atoms with Gasteiger partial charge in [-0.15, -0.1) is 0 Å². The third-order valence-corrected chi connectivity index (χ3v) is 3.35. The van der Waals surface area contributed by atoms with Crippen LogP contribution in [0.1, 0.15) is 17.2 Å². The quantitative estimate of drug-likeness (QED) is 0.654. The highest BCUT2D eigenvalue weighted by Gasteiger charge is 2.13. The summed E-state index contributed by atoms with van der Waals surface area (Å²) in [6.45, 7) is 1.92. The first-order chi connectivity index (χ1) is 9.99. The van der Waals surface area contributed by atoms with Gasteiger partial charge in [0.2, 0.25) is 0 Å². The molecule has 1 heterocycles. The summed E-state index contributed by atoms with van der Waals surface area (Å²) in [5.74, 6) is 0.492. The Morgan fingerprint density at radius 1 is 1.48 bits per heavy atom. The monoisotopic (exact) mass is 307 g/mol. The number of halogens is 1. The number of benzene rings is 1. The van der Waals surface area contributed by atoms with Crippen molar-refractivity contribution in [3.8, 4) is 0 Å². The Kier molecular flexibility index (Phi) is 4.72. The smallest absolute Gasteiger partial charge is 0.287 e. The largest absolute Gasteiger partial charge is 0.387 e. The van der Waals surface area contributed by atoms with Crippen molar-refractivity contribution in [3.05, 3.63) is 62.8 Å². The number of aromatic nitrogens is 1. The lowest BCUT2D eigenvalue weighted by atomic mass is 10.1. The first-order valence-electron chi connectivity index (χ1n) is 6.26. The van der Waals surface area contributed by atoms with Crippen LogP contribution in [0.15, 0.2) is 36.5 Å². The molecule has 0 aliphatic rings. The van der Waals surface area contributed by atoms with Crippen LogP contribution in [0.4, 0.5) is 11.5 Å². The van der Waals surface area contributed by atoms with E-state index in [-0.39, 0.29) is 12.2 Å². The highest BCUT2D eigenvalue weighted by Crippen LogP contribution is 2.24. The van der Waals surface area contributed by atoms with Crippen molar-refractivity contribution in [3.63, 3.8) is 0 Å². The van der Waals surface area contributed by atoms with Crippen LogP contribution in [0.25, 0.3) is 0 Å². The van der Waals surface area contributed by atoms with Crippen molar-refractivity contribution in [2.75, 3.05) is 11.9 Å². The molecule has 1 aromatic carbocycles. The third-order valence-electron chi connectivity index (χ3n) is 3.00. The van der Waals surface area contributed by atoms with Gasteiger partial charge < -0.3 is 10.4 Å². The van der Waals surface area contributed by atoms with Gasteiger partial charge in [0, 0.05) is 23.2 Å². The molecular formula is C14H14ClN3O3. The van der Waals surface area contributed by atoms with E-state index in [4.69, 9.17) is 11.6 Å². The van der Waals surface area contributed by atoms with Crippen molar-refractivity contribution < 1.29 is 10.0 Å². The Hall–Kier alpha value is -2.18. The molecule has 2 rings (SSSR count). The second-order valence-corrected chi connectivity index (χ2v) is 4.94. The maximum absolute atomic E-state index is 10.6. The third kappa shape index (κ3) is 3.68. The van der Waals surface area contributed by atoms with Crippen LogP contribution in [-0.2, 0) is 0 Å². The molecule has 0 spiro atoms. The first-order valence-corrected chi connectivity index (χ1v) is 6.64. The van der Waals surface area contributed by atoms with E-state index in [0.717, 1.165) is 0 Å². The van der Waals surface area contributed by atoms with E-state index in [1.54, 1.807) is 31.2 Å². The summed E-state index contributed by atoms with van der Waals surface area (Å²) < 4.78 is 0. The number of nitrogens with zero attached hydrogens (tertiary/aromatic N) is 2. The summed E-state index contributed by atoms with van der Waals surface area (Å²) in [5.41, 5.74) is 1.19. The molecule has 2 aromatic rings. The molecule has 0 aliphatic carbocycles. The number of nitro groups is 1. The van der Waals surface area contributed by atoms with E-state index in [9.17, 15) is 15.2 Å². The molecule has 0 bridgehead atoms. The van der Waals surface area contributed by atoms with Crippen LogP contribution in [-0.4, -0.2) is 21.6 Å². The summed E-state index contributed by atoms with van der Waals surface area (Å²) >= 11 is 6.01. The van der Waals surface area contributed by atoms with Gasteiger partial charge in [0.1, 0.15) is 12.0 Å². The van der Waals surface area contributed by atoms with Gasteiger partial charge in [-0.25, -0.2) is 4.98 Å². The van der Waals surface area contributed by atoms with E-state index in [1.807, 2.05) is 0 Å². The minimum absolute atomic E-state index is 0.0651. The van der Waals surface area contributed by atoms with Gasteiger partial charge in [-0.2, -0.15) is 0 Å². The summed E-state index contributed by atoms with van der Waals surface area (Å²) in [6.07, 6.45) is 0.382. The van der Waals surface area contributed by atoms with Crippen molar-refractivity contribution >= 4 is 23.1 Å². The van der Waals surface area contributed by atoms with Gasteiger partial charge in [-0.05, 0) is 18.6 Å². The van der Waals surface area contributed by atoms with Crippen molar-refractivity contribution in [2.45, 2.75) is 13.0 Å². The number of hydrogen-bond donors (Lipinski definition) is 2. The average Bonchev–Trinajstić information content (AvgIpc) is 2.46. The van der Waals surface area contributed by atoms with Crippen LogP contribution >= 0.6 is 11.6 Å². The number of anilines is 1. The Balaban J connectivity index is 2.06. The first kappa shape index (κ1) is 15.2. The molecule has 6 nitrogen and oxygen atoms in total. The highest BCUT2D eigenvalue weighted by molar-refractivity contribution is 6.31. The molecule has 1 aromatic heterocycles. The highest BCUT2D eigenvalue weighted by atomic mass is 35.5. The predicted octanol–water partition coefficient (Wildman–Crippen LogP) is 3.10. The fourth-order valence-corrected chi connectivity index (χ4v) is 2.16. The molecular weight excluding hydrogens is 294 g/mol. The van der Waals surface area contributed by atoms with Crippen LogP contribution in [0.5, 0.6) is 0 Å². The van der Waals surface area contributed by atoms with Gasteiger partial charge >= 0.3 is 0 Å². The van der Waals surface area contributed by atoms with Gasteiger partial charge in [0.25, 0.3) is 5.69 Å². The van der Waals surface area contributed by atoms with Crippen molar-refractivity contribution in [1.82, 2.24) is 4.98 Å². The molecule has 110 valence electrons. The Morgan fingerprint density at radius 2 is 2.19 bits per heavy atom. The van der Waals surface area contributed by atoms with E-state index >= 15 is 0 Å². The van der Waals surface area contributed by atoms with Gasteiger partial charge in [0.15, 0.2) is 0 Å². The SMILES string of the molecule is Cc1cc([N+](=O)[O-])cnc1NCC(O)c1ccccc1Cl. The molecule has 21 heavy (non-hydrogen) atoms. The van der Waals surface area contributed by atoms with Crippen LogP contribution in [0.3, 0.4) is 0 Å². The number of pyridine rings is 1. The lowest BCUT2D eigenvalue weighted by Crippen LogP contribution is -2.14. The van der Waals surface area contributed by atoms with Crippen molar-refractivity contribution in [1.29, 1.82) is 0 Å². The maximum atomic E-state index is 10.6. The fourth-order valence-electron chi connectivity index (χ4n) is 1.89. The molecule has 7 heteroatoms. The Bertz CT molecular complexity index is 664. The molecule has 0 saturated heterocycles. The molecule has 1 unspecified atom stereocenters. The molecule has 1 atom stereocenters. The number of nitrogens with one attached hydrogen (secondary N) is 1. The van der Waals surface area contributed by atoms with Gasteiger partial charge in [-0.1, -0.05) is 29.8 Å².